The largest absolute Gasteiger partial charge is 0.481 e. The highest BCUT2D eigenvalue weighted by Crippen LogP contribution is 2.35. The van der Waals surface area contributed by atoms with Crippen molar-refractivity contribution in [1.29, 1.82) is 0 Å². The molecule has 0 radical (unpaired) electrons. The number of carboxylic acids is 1. The molecule has 0 heterocycles. The van der Waals surface area contributed by atoms with Gasteiger partial charge in [0.2, 0.25) is 0 Å². The van der Waals surface area contributed by atoms with Crippen LogP contribution < -0.4 is 0 Å². The Kier molecular flexibility index (Phi) is 4.00. The molecule has 1 saturated carbocycles. The molecule has 0 aromatic carbocycles. The van der Waals surface area contributed by atoms with Crippen LogP contribution in [0, 0.1) is 5.92 Å². The summed E-state index contributed by atoms with van der Waals surface area (Å²) in [4.78, 5) is 10.4. The Balaban J connectivity index is 2.10. The number of aliphatic carboxylic acids is 1. The van der Waals surface area contributed by atoms with Crippen molar-refractivity contribution < 1.29 is 9.90 Å². The number of hydrogen-bond acceptors (Lipinski definition) is 1. The van der Waals surface area contributed by atoms with E-state index >= 15 is 0 Å². The summed E-state index contributed by atoms with van der Waals surface area (Å²) in [6.07, 6.45) is 8.36. The third-order valence-corrected chi connectivity index (χ3v) is 2.56. The van der Waals surface area contributed by atoms with Gasteiger partial charge in [-0.3, -0.25) is 4.79 Å². The summed E-state index contributed by atoms with van der Waals surface area (Å²) in [7, 11) is 0. The first-order valence-electron chi connectivity index (χ1n) is 5.12. The van der Waals surface area contributed by atoms with E-state index in [9.17, 15) is 4.79 Å². The van der Waals surface area contributed by atoms with Crippen LogP contribution in [0.5, 0.6) is 0 Å². The van der Waals surface area contributed by atoms with Crippen LogP contribution in [-0.4, -0.2) is 11.1 Å². The fraction of sp³-hybridized carbons (Fsp3) is 0.727. The molecule has 2 nitrogen and oxygen atoms in total. The first-order valence-corrected chi connectivity index (χ1v) is 5.12. The zero-order valence-corrected chi connectivity index (χ0v) is 8.25. The van der Waals surface area contributed by atoms with Gasteiger partial charge in [0.15, 0.2) is 0 Å². The lowest BCUT2D eigenvalue weighted by Gasteiger charge is -2.27. The molecule has 0 unspecified atom stereocenters. The highest BCUT2D eigenvalue weighted by Gasteiger charge is 2.24. The molecule has 1 rings (SSSR count). The van der Waals surface area contributed by atoms with Crippen LogP contribution in [-0.2, 0) is 4.79 Å². The summed E-state index contributed by atoms with van der Waals surface area (Å²) >= 11 is 0. The third-order valence-electron chi connectivity index (χ3n) is 2.56. The first kappa shape index (κ1) is 10.3. The molecule has 0 bridgehead atoms. The van der Waals surface area contributed by atoms with Gasteiger partial charge >= 0.3 is 5.97 Å². The molecule has 0 amide bonds. The second kappa shape index (κ2) is 5.05. The predicted octanol–water partition coefficient (Wildman–Crippen LogP) is 2.99. The summed E-state index contributed by atoms with van der Waals surface area (Å²) in [5, 5.41) is 8.53. The zero-order valence-electron chi connectivity index (χ0n) is 8.25. The van der Waals surface area contributed by atoms with Gasteiger partial charge in [-0.25, -0.2) is 0 Å². The second-order valence-corrected chi connectivity index (χ2v) is 3.88. The topological polar surface area (TPSA) is 37.3 Å². The lowest BCUT2D eigenvalue weighted by Crippen LogP contribution is -2.18. The number of hydrogen-bond donors (Lipinski definition) is 1. The van der Waals surface area contributed by atoms with E-state index in [1.165, 1.54) is 24.8 Å². The molecule has 0 aromatic rings. The molecule has 13 heavy (non-hydrogen) atoms. The molecule has 0 atom stereocenters. The molecule has 2 heteroatoms. The van der Waals surface area contributed by atoms with Crippen molar-refractivity contribution in [3.8, 4) is 0 Å². The van der Waals surface area contributed by atoms with Gasteiger partial charge in [0.25, 0.3) is 0 Å². The Morgan fingerprint density at radius 3 is 2.85 bits per heavy atom. The number of unbranched alkanes of at least 4 members (excludes halogenated alkanes) is 2. The predicted molar refractivity (Wildman–Crippen MR) is 52.6 cm³/mol. The third kappa shape index (κ3) is 3.62. The first-order chi connectivity index (χ1) is 6.22. The molecule has 1 aliphatic carbocycles. The van der Waals surface area contributed by atoms with Crippen molar-refractivity contribution in [2.24, 2.45) is 5.92 Å². The van der Waals surface area contributed by atoms with E-state index < -0.39 is 5.97 Å². The normalized spacial score (nSPS) is 21.0. The lowest BCUT2D eigenvalue weighted by molar-refractivity contribution is -0.138. The number of carbonyl (C=O) groups is 1. The summed E-state index contributed by atoms with van der Waals surface area (Å²) < 4.78 is 0. The number of allylic oxidation sites excluding steroid dienone is 2. The quantitative estimate of drug-likeness (QED) is 0.524. The van der Waals surface area contributed by atoms with Crippen LogP contribution in [0.1, 0.15) is 45.4 Å². The van der Waals surface area contributed by atoms with Gasteiger partial charge in [0, 0.05) is 6.42 Å². The average molecular weight is 182 g/mol. The molecular formula is C11H18O2. The van der Waals surface area contributed by atoms with Gasteiger partial charge in [-0.05, 0) is 25.2 Å². The highest BCUT2D eigenvalue weighted by atomic mass is 16.4. The van der Waals surface area contributed by atoms with E-state index in [4.69, 9.17) is 5.11 Å². The number of rotatable bonds is 5. The molecule has 1 fully saturated rings. The average Bonchev–Trinajstić information content (AvgIpc) is 1.99. The summed E-state index contributed by atoms with van der Waals surface area (Å²) in [6, 6.07) is 0. The Labute approximate surface area is 79.6 Å². The minimum Gasteiger partial charge on any atom is -0.481 e. The maximum absolute atomic E-state index is 10.4. The van der Waals surface area contributed by atoms with Gasteiger partial charge in [0.1, 0.15) is 0 Å². The smallest absolute Gasteiger partial charge is 0.303 e. The van der Waals surface area contributed by atoms with E-state index in [0.29, 0.717) is 12.3 Å². The van der Waals surface area contributed by atoms with Gasteiger partial charge < -0.3 is 5.11 Å². The molecule has 1 N–H and O–H groups in total. The van der Waals surface area contributed by atoms with Gasteiger partial charge in [0.05, 0.1) is 0 Å². The van der Waals surface area contributed by atoms with Crippen LogP contribution in [0.25, 0.3) is 0 Å². The van der Waals surface area contributed by atoms with Crippen LogP contribution >= 0.6 is 0 Å². The van der Waals surface area contributed by atoms with Crippen LogP contribution in [0.4, 0.5) is 0 Å². The Morgan fingerprint density at radius 1 is 1.62 bits per heavy atom. The van der Waals surface area contributed by atoms with Gasteiger partial charge in [-0.15, -0.1) is 0 Å². The summed E-state index contributed by atoms with van der Waals surface area (Å²) in [6.45, 7) is 2.19. The van der Waals surface area contributed by atoms with Crippen LogP contribution in [0.15, 0.2) is 11.6 Å². The van der Waals surface area contributed by atoms with Gasteiger partial charge in [-0.2, -0.15) is 0 Å². The van der Waals surface area contributed by atoms with Crippen molar-refractivity contribution in [2.75, 3.05) is 0 Å². The standard InChI is InChI=1S/C11H18O2/c1-2-3-4-5-9-6-10(7-9)8-11(12)13/h5,10H,2-4,6-8H2,1H3,(H,12,13). The Bertz CT molecular complexity index is 198. The zero-order chi connectivity index (χ0) is 9.68. The van der Waals surface area contributed by atoms with E-state index in [1.54, 1.807) is 0 Å². The van der Waals surface area contributed by atoms with Crippen molar-refractivity contribution in [2.45, 2.75) is 45.4 Å². The summed E-state index contributed by atoms with van der Waals surface area (Å²) in [5.41, 5.74) is 1.47. The molecule has 0 aromatic heterocycles. The van der Waals surface area contributed by atoms with Crippen LogP contribution in [0.3, 0.4) is 0 Å². The SMILES string of the molecule is CCCCC=C1CC(CC(=O)O)C1. The Hall–Kier alpha value is -0.790. The monoisotopic (exact) mass is 182 g/mol. The number of carboxylic acid groups (broad SMARTS) is 1. The van der Waals surface area contributed by atoms with E-state index in [2.05, 4.69) is 13.0 Å². The van der Waals surface area contributed by atoms with Crippen molar-refractivity contribution in [1.82, 2.24) is 0 Å². The molecule has 0 saturated heterocycles. The maximum atomic E-state index is 10.4. The van der Waals surface area contributed by atoms with E-state index in [0.717, 1.165) is 12.8 Å². The van der Waals surface area contributed by atoms with Crippen molar-refractivity contribution in [3.05, 3.63) is 11.6 Å². The fourth-order valence-electron chi connectivity index (χ4n) is 1.75. The lowest BCUT2D eigenvalue weighted by atomic mass is 9.77. The minimum atomic E-state index is -0.655. The van der Waals surface area contributed by atoms with E-state index in [-0.39, 0.29) is 0 Å². The highest BCUT2D eigenvalue weighted by molar-refractivity contribution is 5.67. The second-order valence-electron chi connectivity index (χ2n) is 3.88. The molecule has 74 valence electrons. The molecule has 0 spiro atoms. The Morgan fingerprint density at radius 2 is 2.31 bits per heavy atom. The van der Waals surface area contributed by atoms with Gasteiger partial charge in [-0.1, -0.05) is 31.4 Å². The van der Waals surface area contributed by atoms with E-state index in [1.807, 2.05) is 0 Å². The van der Waals surface area contributed by atoms with Crippen molar-refractivity contribution >= 4 is 5.97 Å². The maximum Gasteiger partial charge on any atom is 0.303 e. The van der Waals surface area contributed by atoms with Crippen LogP contribution in [0.2, 0.25) is 0 Å². The molecule has 1 aliphatic rings. The fourth-order valence-corrected chi connectivity index (χ4v) is 1.75. The molecular weight excluding hydrogens is 164 g/mol. The molecule has 0 aliphatic heterocycles. The summed E-state index contributed by atoms with van der Waals surface area (Å²) in [5.74, 6) is -0.233. The van der Waals surface area contributed by atoms with Crippen molar-refractivity contribution in [3.63, 3.8) is 0 Å². The minimum absolute atomic E-state index is 0.352.